The summed E-state index contributed by atoms with van der Waals surface area (Å²) in [5.41, 5.74) is 2.87. The Balaban J connectivity index is 1.82. The van der Waals surface area contributed by atoms with Crippen molar-refractivity contribution in [2.45, 2.75) is 44.2 Å². The predicted octanol–water partition coefficient (Wildman–Crippen LogP) is 3.26. The number of hydrogen-bond acceptors (Lipinski definition) is 4. The SMILES string of the molecule is NNC(CCC1CCCCO1)c1ccc(Cl)s1. The minimum atomic E-state index is 0.193. The second-order valence-electron chi connectivity index (χ2n) is 4.43. The zero-order valence-corrected chi connectivity index (χ0v) is 11.4. The van der Waals surface area contributed by atoms with Gasteiger partial charge in [-0.2, -0.15) is 0 Å². The molecule has 0 aliphatic carbocycles. The maximum atomic E-state index is 5.94. The van der Waals surface area contributed by atoms with Crippen LogP contribution in [0.5, 0.6) is 0 Å². The molecule has 2 heterocycles. The molecule has 1 aliphatic rings. The minimum absolute atomic E-state index is 0.193. The molecule has 1 saturated heterocycles. The van der Waals surface area contributed by atoms with E-state index in [0.717, 1.165) is 23.8 Å². The smallest absolute Gasteiger partial charge is 0.0931 e. The van der Waals surface area contributed by atoms with Gasteiger partial charge in [-0.25, -0.2) is 0 Å². The zero-order valence-electron chi connectivity index (χ0n) is 9.82. The first-order valence-electron chi connectivity index (χ1n) is 6.12. The van der Waals surface area contributed by atoms with Crippen LogP contribution in [0.15, 0.2) is 12.1 Å². The van der Waals surface area contributed by atoms with E-state index in [4.69, 9.17) is 22.2 Å². The van der Waals surface area contributed by atoms with Gasteiger partial charge in [0.15, 0.2) is 0 Å². The fourth-order valence-electron chi connectivity index (χ4n) is 2.21. The molecule has 3 nitrogen and oxygen atoms in total. The molecule has 5 heteroatoms. The van der Waals surface area contributed by atoms with Crippen LogP contribution in [0.4, 0.5) is 0 Å². The normalized spacial score (nSPS) is 22.6. The predicted molar refractivity (Wildman–Crippen MR) is 72.2 cm³/mol. The van der Waals surface area contributed by atoms with Crippen molar-refractivity contribution >= 4 is 22.9 Å². The summed E-state index contributed by atoms with van der Waals surface area (Å²) < 4.78 is 6.54. The number of halogens is 1. The van der Waals surface area contributed by atoms with Crippen molar-refractivity contribution in [3.63, 3.8) is 0 Å². The Morgan fingerprint density at radius 3 is 3.00 bits per heavy atom. The van der Waals surface area contributed by atoms with Gasteiger partial charge in [-0.1, -0.05) is 11.6 Å². The number of rotatable bonds is 5. The molecule has 0 spiro atoms. The van der Waals surface area contributed by atoms with E-state index in [2.05, 4.69) is 5.43 Å². The highest BCUT2D eigenvalue weighted by molar-refractivity contribution is 7.16. The fraction of sp³-hybridized carbons (Fsp3) is 0.667. The van der Waals surface area contributed by atoms with E-state index >= 15 is 0 Å². The molecule has 1 aromatic heterocycles. The number of nitrogens with two attached hydrogens (primary N) is 1. The summed E-state index contributed by atoms with van der Waals surface area (Å²) in [6, 6.07) is 4.15. The first-order valence-corrected chi connectivity index (χ1v) is 7.32. The third-order valence-corrected chi connectivity index (χ3v) is 4.53. The highest BCUT2D eigenvalue weighted by Gasteiger charge is 2.18. The van der Waals surface area contributed by atoms with Crippen LogP contribution < -0.4 is 11.3 Å². The van der Waals surface area contributed by atoms with Crippen LogP contribution in [-0.4, -0.2) is 12.7 Å². The molecule has 0 saturated carbocycles. The first kappa shape index (κ1) is 13.3. The molecule has 96 valence electrons. The summed E-state index contributed by atoms with van der Waals surface area (Å²) in [4.78, 5) is 1.20. The van der Waals surface area contributed by atoms with Crippen LogP contribution in [0.25, 0.3) is 0 Å². The van der Waals surface area contributed by atoms with Crippen molar-refractivity contribution < 1.29 is 4.74 Å². The lowest BCUT2D eigenvalue weighted by atomic mass is 10.0. The molecular formula is C12H19ClN2OS. The molecule has 0 bridgehead atoms. The van der Waals surface area contributed by atoms with Crippen molar-refractivity contribution in [3.05, 3.63) is 21.3 Å². The van der Waals surface area contributed by atoms with E-state index in [1.807, 2.05) is 12.1 Å². The lowest BCUT2D eigenvalue weighted by Gasteiger charge is -2.24. The molecule has 2 atom stereocenters. The second-order valence-corrected chi connectivity index (χ2v) is 6.17. The van der Waals surface area contributed by atoms with E-state index in [1.54, 1.807) is 11.3 Å². The van der Waals surface area contributed by atoms with Crippen LogP contribution >= 0.6 is 22.9 Å². The Kier molecular flexibility index (Phi) is 5.25. The Morgan fingerprint density at radius 1 is 1.53 bits per heavy atom. The monoisotopic (exact) mass is 274 g/mol. The van der Waals surface area contributed by atoms with Crippen LogP contribution in [0.2, 0.25) is 4.34 Å². The van der Waals surface area contributed by atoms with Crippen molar-refractivity contribution in [2.24, 2.45) is 5.84 Å². The van der Waals surface area contributed by atoms with Gasteiger partial charge >= 0.3 is 0 Å². The molecule has 1 aliphatic heterocycles. The summed E-state index contributed by atoms with van der Waals surface area (Å²) in [6.07, 6.45) is 6.14. The minimum Gasteiger partial charge on any atom is -0.378 e. The zero-order chi connectivity index (χ0) is 12.1. The van der Waals surface area contributed by atoms with Gasteiger partial charge in [0.2, 0.25) is 0 Å². The average Bonchev–Trinajstić information content (AvgIpc) is 2.78. The summed E-state index contributed by atoms with van der Waals surface area (Å²) in [5, 5.41) is 0. The van der Waals surface area contributed by atoms with Gasteiger partial charge in [0.1, 0.15) is 0 Å². The van der Waals surface area contributed by atoms with Crippen molar-refractivity contribution in [3.8, 4) is 0 Å². The van der Waals surface area contributed by atoms with Gasteiger partial charge in [-0.05, 0) is 44.2 Å². The Labute approximate surface area is 111 Å². The number of hydrogen-bond donors (Lipinski definition) is 2. The number of thiophene rings is 1. The average molecular weight is 275 g/mol. The third-order valence-electron chi connectivity index (χ3n) is 3.19. The summed E-state index contributed by atoms with van der Waals surface area (Å²) >= 11 is 7.52. The molecule has 0 aromatic carbocycles. The highest BCUT2D eigenvalue weighted by atomic mass is 35.5. The van der Waals surface area contributed by atoms with Gasteiger partial charge < -0.3 is 4.74 Å². The maximum Gasteiger partial charge on any atom is 0.0931 e. The summed E-state index contributed by atoms with van der Waals surface area (Å²) in [7, 11) is 0. The molecule has 2 rings (SSSR count). The van der Waals surface area contributed by atoms with E-state index < -0.39 is 0 Å². The summed E-state index contributed by atoms with van der Waals surface area (Å²) in [5.74, 6) is 5.60. The fourth-order valence-corrected chi connectivity index (χ4v) is 3.37. The number of nitrogens with one attached hydrogen (secondary N) is 1. The van der Waals surface area contributed by atoms with Crippen molar-refractivity contribution in [2.75, 3.05) is 6.61 Å². The van der Waals surface area contributed by atoms with Gasteiger partial charge in [0.25, 0.3) is 0 Å². The Bertz CT molecular complexity index is 339. The lowest BCUT2D eigenvalue weighted by Crippen LogP contribution is -2.29. The van der Waals surface area contributed by atoms with Crippen LogP contribution in [-0.2, 0) is 4.74 Å². The first-order chi connectivity index (χ1) is 8.29. The van der Waals surface area contributed by atoms with Crippen LogP contribution in [0, 0.1) is 0 Å². The van der Waals surface area contributed by atoms with E-state index in [9.17, 15) is 0 Å². The van der Waals surface area contributed by atoms with Gasteiger partial charge in [0, 0.05) is 11.5 Å². The van der Waals surface area contributed by atoms with E-state index in [1.165, 1.54) is 24.1 Å². The molecule has 1 aromatic rings. The molecule has 3 N–H and O–H groups in total. The molecule has 1 fully saturated rings. The number of hydrazine groups is 1. The molecule has 0 amide bonds. The third kappa shape index (κ3) is 3.93. The van der Waals surface area contributed by atoms with Crippen LogP contribution in [0.1, 0.15) is 43.0 Å². The molecule has 17 heavy (non-hydrogen) atoms. The number of ether oxygens (including phenoxy) is 1. The summed E-state index contributed by atoms with van der Waals surface area (Å²) in [6.45, 7) is 0.913. The maximum absolute atomic E-state index is 5.94. The largest absolute Gasteiger partial charge is 0.378 e. The molecular weight excluding hydrogens is 256 g/mol. The van der Waals surface area contributed by atoms with Crippen molar-refractivity contribution in [1.29, 1.82) is 0 Å². The quantitative estimate of drug-likeness (QED) is 0.640. The Morgan fingerprint density at radius 2 is 2.41 bits per heavy atom. The van der Waals surface area contributed by atoms with Gasteiger partial charge in [-0.3, -0.25) is 11.3 Å². The topological polar surface area (TPSA) is 47.3 Å². The van der Waals surface area contributed by atoms with E-state index in [-0.39, 0.29) is 6.04 Å². The molecule has 0 radical (unpaired) electrons. The lowest BCUT2D eigenvalue weighted by molar-refractivity contribution is 0.00860. The van der Waals surface area contributed by atoms with E-state index in [0.29, 0.717) is 6.10 Å². The Hall–Kier alpha value is -0.130. The highest BCUT2D eigenvalue weighted by Crippen LogP contribution is 2.30. The van der Waals surface area contributed by atoms with Crippen LogP contribution in [0.3, 0.4) is 0 Å². The second kappa shape index (κ2) is 6.71. The van der Waals surface area contributed by atoms with Gasteiger partial charge in [0.05, 0.1) is 16.5 Å². The molecule has 2 unspecified atom stereocenters. The standard InChI is InChI=1S/C12H19ClN2OS/c13-12-7-6-11(17-12)10(15-14)5-4-9-3-1-2-8-16-9/h6-7,9-10,15H,1-5,8,14H2. The van der Waals surface area contributed by atoms with Crippen molar-refractivity contribution in [1.82, 2.24) is 5.43 Å². The van der Waals surface area contributed by atoms with Gasteiger partial charge in [-0.15, -0.1) is 11.3 Å².